The first-order valence-electron chi connectivity index (χ1n) is 8.09. The normalized spacial score (nSPS) is 11.0. The lowest BCUT2D eigenvalue weighted by molar-refractivity contribution is 0.102. The maximum absolute atomic E-state index is 12.9. The number of hydrogen-bond donors (Lipinski definition) is 1. The maximum atomic E-state index is 12.9. The molecule has 0 heterocycles. The zero-order chi connectivity index (χ0) is 19.4. The van der Waals surface area contributed by atoms with Gasteiger partial charge in [-0.3, -0.25) is 9.10 Å². The average molecular weight is 401 g/mol. The number of hydrogen-bond acceptors (Lipinski definition) is 3. The number of halogens is 1. The molecule has 3 rings (SSSR count). The van der Waals surface area contributed by atoms with E-state index in [9.17, 15) is 13.2 Å². The minimum Gasteiger partial charge on any atom is -0.322 e. The molecule has 5 nitrogen and oxygen atoms in total. The van der Waals surface area contributed by atoms with Gasteiger partial charge >= 0.3 is 0 Å². The molecular weight excluding hydrogens is 384 g/mol. The molecule has 3 aromatic rings. The molecule has 0 atom stereocenters. The van der Waals surface area contributed by atoms with Gasteiger partial charge in [-0.2, -0.15) is 0 Å². The Hall–Kier alpha value is -2.83. The molecular formula is C20H17ClN2O3S. The van der Waals surface area contributed by atoms with Crippen LogP contribution in [0.5, 0.6) is 0 Å². The Kier molecular flexibility index (Phi) is 5.48. The quantitative estimate of drug-likeness (QED) is 0.689. The number of benzene rings is 3. The number of rotatable bonds is 5. The molecule has 0 bridgehead atoms. The van der Waals surface area contributed by atoms with E-state index >= 15 is 0 Å². The van der Waals surface area contributed by atoms with Crippen LogP contribution >= 0.6 is 11.6 Å². The van der Waals surface area contributed by atoms with Crippen molar-refractivity contribution in [2.24, 2.45) is 0 Å². The second-order valence-corrected chi connectivity index (χ2v) is 8.20. The van der Waals surface area contributed by atoms with Crippen molar-refractivity contribution in [2.75, 3.05) is 16.7 Å². The van der Waals surface area contributed by atoms with E-state index in [-0.39, 0.29) is 16.4 Å². The van der Waals surface area contributed by atoms with Gasteiger partial charge in [-0.1, -0.05) is 35.9 Å². The van der Waals surface area contributed by atoms with Crippen LogP contribution in [0.25, 0.3) is 0 Å². The highest BCUT2D eigenvalue weighted by Crippen LogP contribution is 2.24. The number of amides is 1. The van der Waals surface area contributed by atoms with Gasteiger partial charge < -0.3 is 5.32 Å². The van der Waals surface area contributed by atoms with Crippen LogP contribution in [0.15, 0.2) is 83.8 Å². The third-order valence-electron chi connectivity index (χ3n) is 3.98. The average Bonchev–Trinajstić information content (AvgIpc) is 2.69. The highest BCUT2D eigenvalue weighted by molar-refractivity contribution is 7.92. The van der Waals surface area contributed by atoms with E-state index in [2.05, 4.69) is 5.32 Å². The van der Waals surface area contributed by atoms with Crippen molar-refractivity contribution in [1.29, 1.82) is 0 Å². The van der Waals surface area contributed by atoms with E-state index in [1.165, 1.54) is 19.2 Å². The van der Waals surface area contributed by atoms with Crippen molar-refractivity contribution in [3.63, 3.8) is 0 Å². The summed E-state index contributed by atoms with van der Waals surface area (Å²) in [5.41, 5.74) is 1.36. The first-order chi connectivity index (χ1) is 12.9. The largest absolute Gasteiger partial charge is 0.322 e. The summed E-state index contributed by atoms with van der Waals surface area (Å²) in [5, 5.41) is 3.26. The zero-order valence-corrected chi connectivity index (χ0v) is 16.0. The van der Waals surface area contributed by atoms with Crippen LogP contribution in [0, 0.1) is 0 Å². The van der Waals surface area contributed by atoms with Crippen LogP contribution in [0.4, 0.5) is 11.4 Å². The summed E-state index contributed by atoms with van der Waals surface area (Å²) in [5.74, 6) is -0.382. The molecule has 0 aliphatic heterocycles. The number of carbonyl (C=O) groups is 1. The number of nitrogens with zero attached hydrogens (tertiary/aromatic N) is 1. The van der Waals surface area contributed by atoms with E-state index < -0.39 is 10.0 Å². The predicted molar refractivity (Wildman–Crippen MR) is 108 cm³/mol. The first kappa shape index (κ1) is 18.9. The van der Waals surface area contributed by atoms with Gasteiger partial charge in [0.05, 0.1) is 10.6 Å². The highest BCUT2D eigenvalue weighted by Gasteiger charge is 2.22. The Balaban J connectivity index is 1.87. The lowest BCUT2D eigenvalue weighted by atomic mass is 10.2. The number of para-hydroxylation sites is 1. The topological polar surface area (TPSA) is 66.5 Å². The molecule has 0 radical (unpaired) electrons. The molecule has 0 saturated carbocycles. The van der Waals surface area contributed by atoms with Crippen molar-refractivity contribution < 1.29 is 13.2 Å². The van der Waals surface area contributed by atoms with E-state index in [0.717, 1.165) is 4.31 Å². The van der Waals surface area contributed by atoms with Crippen molar-refractivity contribution in [2.45, 2.75) is 4.90 Å². The van der Waals surface area contributed by atoms with Gasteiger partial charge in [0.2, 0.25) is 0 Å². The molecule has 0 aromatic heterocycles. The summed E-state index contributed by atoms with van der Waals surface area (Å²) in [6.45, 7) is 0. The molecule has 27 heavy (non-hydrogen) atoms. The summed E-state index contributed by atoms with van der Waals surface area (Å²) in [6, 6.07) is 21.4. The maximum Gasteiger partial charge on any atom is 0.264 e. The van der Waals surface area contributed by atoms with E-state index in [1.54, 1.807) is 60.7 Å². The van der Waals surface area contributed by atoms with Crippen LogP contribution in [-0.4, -0.2) is 21.4 Å². The van der Waals surface area contributed by atoms with E-state index in [0.29, 0.717) is 16.4 Å². The van der Waals surface area contributed by atoms with Crippen LogP contribution in [0.1, 0.15) is 10.4 Å². The summed E-state index contributed by atoms with van der Waals surface area (Å²) in [7, 11) is -2.37. The Morgan fingerprint density at radius 2 is 1.59 bits per heavy atom. The molecule has 7 heteroatoms. The van der Waals surface area contributed by atoms with Crippen molar-refractivity contribution in [3.05, 3.63) is 89.4 Å². The van der Waals surface area contributed by atoms with E-state index in [1.807, 2.05) is 6.07 Å². The molecule has 1 amide bonds. The molecule has 138 valence electrons. The molecule has 0 fully saturated rings. The lowest BCUT2D eigenvalue weighted by Gasteiger charge is -2.20. The van der Waals surface area contributed by atoms with Crippen LogP contribution in [-0.2, 0) is 10.0 Å². The molecule has 3 aromatic carbocycles. The fraction of sp³-hybridized carbons (Fsp3) is 0.0500. The van der Waals surface area contributed by atoms with Crippen molar-refractivity contribution >= 4 is 38.9 Å². The smallest absolute Gasteiger partial charge is 0.264 e. The zero-order valence-electron chi connectivity index (χ0n) is 14.5. The Labute approximate surface area is 163 Å². The minimum atomic E-state index is -3.82. The molecule has 0 aliphatic carbocycles. The van der Waals surface area contributed by atoms with Crippen LogP contribution in [0.3, 0.4) is 0 Å². The van der Waals surface area contributed by atoms with Gasteiger partial charge in [0.1, 0.15) is 0 Å². The monoisotopic (exact) mass is 400 g/mol. The van der Waals surface area contributed by atoms with Crippen LogP contribution < -0.4 is 9.62 Å². The molecule has 1 N–H and O–H groups in total. The van der Waals surface area contributed by atoms with Crippen molar-refractivity contribution in [1.82, 2.24) is 0 Å². The second kappa shape index (κ2) is 7.82. The Morgan fingerprint density at radius 1 is 0.926 bits per heavy atom. The minimum absolute atomic E-state index is 0.0284. The predicted octanol–water partition coefficient (Wildman–Crippen LogP) is 4.42. The number of sulfonamides is 1. The van der Waals surface area contributed by atoms with E-state index in [4.69, 9.17) is 11.6 Å². The molecule has 0 aliphatic rings. The van der Waals surface area contributed by atoms with Gasteiger partial charge in [0.15, 0.2) is 0 Å². The fourth-order valence-electron chi connectivity index (χ4n) is 2.47. The third-order valence-corrected chi connectivity index (χ3v) is 6.01. The third kappa shape index (κ3) is 4.30. The number of nitrogens with one attached hydrogen (secondary N) is 1. The van der Waals surface area contributed by atoms with Gasteiger partial charge in [-0.25, -0.2) is 8.42 Å². The Morgan fingerprint density at radius 3 is 2.26 bits per heavy atom. The Bertz CT molecular complexity index is 1050. The molecule has 0 spiro atoms. The molecule has 0 saturated heterocycles. The highest BCUT2D eigenvalue weighted by atomic mass is 35.5. The van der Waals surface area contributed by atoms with Gasteiger partial charge in [0.25, 0.3) is 15.9 Å². The number of anilines is 2. The SMILES string of the molecule is CN(c1ccc(Cl)cc1)S(=O)(=O)c1cccc(C(=O)Nc2ccccc2)c1. The summed E-state index contributed by atoms with van der Waals surface area (Å²) >= 11 is 5.86. The summed E-state index contributed by atoms with van der Waals surface area (Å²) in [4.78, 5) is 12.5. The van der Waals surface area contributed by atoms with Gasteiger partial charge in [-0.15, -0.1) is 0 Å². The number of carbonyl (C=O) groups excluding carboxylic acids is 1. The standard InChI is InChI=1S/C20H17ClN2O3S/c1-23(18-12-10-16(21)11-13-18)27(25,26)19-9-5-6-15(14-19)20(24)22-17-7-3-2-4-8-17/h2-14H,1H3,(H,22,24). The summed E-state index contributed by atoms with van der Waals surface area (Å²) in [6.07, 6.45) is 0. The second-order valence-electron chi connectivity index (χ2n) is 5.80. The van der Waals surface area contributed by atoms with Gasteiger partial charge in [-0.05, 0) is 54.6 Å². The summed E-state index contributed by atoms with van der Waals surface area (Å²) < 4.78 is 27.0. The van der Waals surface area contributed by atoms with Crippen molar-refractivity contribution in [3.8, 4) is 0 Å². The van der Waals surface area contributed by atoms with Gasteiger partial charge in [0, 0.05) is 23.3 Å². The van der Waals surface area contributed by atoms with Crippen LogP contribution in [0.2, 0.25) is 5.02 Å². The molecule has 0 unspecified atom stereocenters. The fourth-order valence-corrected chi connectivity index (χ4v) is 3.84. The first-order valence-corrected chi connectivity index (χ1v) is 9.91. The lowest BCUT2D eigenvalue weighted by Crippen LogP contribution is -2.26.